The van der Waals surface area contributed by atoms with Crippen LogP contribution >= 0.6 is 0 Å². The van der Waals surface area contributed by atoms with Gasteiger partial charge in [0.05, 0.1) is 10.6 Å². The first-order valence-corrected chi connectivity index (χ1v) is 8.42. The Balaban J connectivity index is 2.00. The topological polar surface area (TPSA) is 132 Å². The third kappa shape index (κ3) is 4.24. The molecule has 0 radical (unpaired) electrons. The number of aromatic hydroxyl groups is 1. The second-order valence-corrected chi connectivity index (χ2v) is 6.23. The number of pyridine rings is 1. The van der Waals surface area contributed by atoms with Gasteiger partial charge in [-0.25, -0.2) is 4.79 Å². The molecular formula is C20H16N2O7. The number of nitro groups is 1. The van der Waals surface area contributed by atoms with Gasteiger partial charge in [-0.3, -0.25) is 14.9 Å². The summed E-state index contributed by atoms with van der Waals surface area (Å²) in [7, 11) is 0. The Morgan fingerprint density at radius 2 is 1.86 bits per heavy atom. The Kier molecular flexibility index (Phi) is 5.31. The van der Waals surface area contributed by atoms with Crippen molar-refractivity contribution in [3.05, 3.63) is 91.9 Å². The molecule has 0 fully saturated rings. The largest absolute Gasteiger partial charge is 0.508 e. The predicted molar refractivity (Wildman–Crippen MR) is 103 cm³/mol. The Morgan fingerprint density at radius 1 is 1.17 bits per heavy atom. The number of carboxylic acid groups (broad SMARTS) is 1. The maximum absolute atomic E-state index is 12.2. The summed E-state index contributed by atoms with van der Waals surface area (Å²) in [6, 6.07) is 11.2. The molecule has 2 aromatic carbocycles. The van der Waals surface area contributed by atoms with Crippen molar-refractivity contribution < 1.29 is 24.7 Å². The van der Waals surface area contributed by atoms with Gasteiger partial charge in [0.2, 0.25) is 0 Å². The zero-order valence-electron chi connectivity index (χ0n) is 15.2. The highest BCUT2D eigenvalue weighted by Crippen LogP contribution is 2.23. The molecule has 0 aliphatic rings. The molecule has 9 heteroatoms. The molecule has 3 rings (SSSR count). The van der Waals surface area contributed by atoms with Crippen LogP contribution in [0.4, 0.5) is 5.69 Å². The first-order chi connectivity index (χ1) is 13.8. The van der Waals surface area contributed by atoms with Crippen LogP contribution in [0.15, 0.2) is 59.5 Å². The van der Waals surface area contributed by atoms with Gasteiger partial charge in [-0.1, -0.05) is 0 Å². The Morgan fingerprint density at radius 3 is 2.45 bits per heavy atom. The lowest BCUT2D eigenvalue weighted by Gasteiger charge is -2.17. The molecule has 0 atom stereocenters. The number of phenolic OH excluding ortho intramolecular Hbond substituents is 1. The minimum absolute atomic E-state index is 0.0504. The standard InChI is InChI=1S/C20H16N2O7/c1-12-8-15(23)4-7-18(12)21-10-17(20(25)26)19(24)9-14(21)11-29-16-5-2-13(3-6-16)22(27)28/h2-10,23H,11H2,1H3,(H,25,26). The van der Waals surface area contributed by atoms with Gasteiger partial charge < -0.3 is 19.5 Å². The number of ether oxygens (including phenoxy) is 1. The lowest BCUT2D eigenvalue weighted by atomic mass is 10.1. The van der Waals surface area contributed by atoms with E-state index in [0.29, 0.717) is 22.7 Å². The van der Waals surface area contributed by atoms with E-state index < -0.39 is 21.9 Å². The average Bonchev–Trinajstić information content (AvgIpc) is 2.67. The molecule has 0 amide bonds. The second-order valence-electron chi connectivity index (χ2n) is 6.23. The number of carboxylic acids is 1. The van der Waals surface area contributed by atoms with Crippen LogP contribution in [-0.2, 0) is 6.61 Å². The van der Waals surface area contributed by atoms with E-state index in [9.17, 15) is 29.9 Å². The van der Waals surface area contributed by atoms with Gasteiger partial charge in [-0.05, 0) is 42.8 Å². The zero-order valence-corrected chi connectivity index (χ0v) is 15.2. The molecule has 0 saturated heterocycles. The molecule has 9 nitrogen and oxygen atoms in total. The van der Waals surface area contributed by atoms with Crippen LogP contribution in [0.3, 0.4) is 0 Å². The molecule has 0 unspecified atom stereocenters. The minimum Gasteiger partial charge on any atom is -0.508 e. The van der Waals surface area contributed by atoms with Crippen molar-refractivity contribution in [3.63, 3.8) is 0 Å². The number of aromatic nitrogens is 1. The number of carbonyl (C=O) groups is 1. The van der Waals surface area contributed by atoms with Crippen molar-refractivity contribution in [2.75, 3.05) is 0 Å². The van der Waals surface area contributed by atoms with Crippen LogP contribution in [0, 0.1) is 17.0 Å². The van der Waals surface area contributed by atoms with E-state index in [-0.39, 0.29) is 18.0 Å². The number of hydrogen-bond donors (Lipinski definition) is 2. The molecule has 0 bridgehead atoms. The highest BCUT2D eigenvalue weighted by atomic mass is 16.6. The van der Waals surface area contributed by atoms with E-state index in [2.05, 4.69) is 0 Å². The van der Waals surface area contributed by atoms with Crippen molar-refractivity contribution in [1.82, 2.24) is 4.57 Å². The second kappa shape index (κ2) is 7.85. The van der Waals surface area contributed by atoms with Gasteiger partial charge in [-0.15, -0.1) is 0 Å². The summed E-state index contributed by atoms with van der Waals surface area (Å²) in [6.45, 7) is 1.64. The van der Waals surface area contributed by atoms with Gasteiger partial charge in [0.25, 0.3) is 5.69 Å². The number of benzene rings is 2. The van der Waals surface area contributed by atoms with Crippen molar-refractivity contribution in [1.29, 1.82) is 0 Å². The lowest BCUT2D eigenvalue weighted by molar-refractivity contribution is -0.384. The molecule has 148 valence electrons. The number of phenols is 1. The van der Waals surface area contributed by atoms with Crippen LogP contribution < -0.4 is 10.2 Å². The zero-order chi connectivity index (χ0) is 21.1. The number of rotatable bonds is 6. The Hall–Kier alpha value is -4.14. The van der Waals surface area contributed by atoms with Crippen molar-refractivity contribution >= 4 is 11.7 Å². The van der Waals surface area contributed by atoms with Gasteiger partial charge in [-0.2, -0.15) is 0 Å². The van der Waals surface area contributed by atoms with Crippen LogP contribution in [0.5, 0.6) is 11.5 Å². The number of nitrogens with zero attached hydrogens (tertiary/aromatic N) is 2. The molecule has 0 aliphatic heterocycles. The predicted octanol–water partition coefficient (Wildman–Crippen LogP) is 3.04. The summed E-state index contributed by atoms with van der Waals surface area (Å²) in [6.07, 6.45) is 1.21. The quantitative estimate of drug-likeness (QED) is 0.483. The molecule has 3 aromatic rings. The SMILES string of the molecule is Cc1cc(O)ccc1-n1cc(C(=O)O)c(=O)cc1COc1ccc([N+](=O)[O-])cc1. The fraction of sp³-hybridized carbons (Fsp3) is 0.100. The maximum atomic E-state index is 12.2. The summed E-state index contributed by atoms with van der Waals surface area (Å²) >= 11 is 0. The van der Waals surface area contributed by atoms with Gasteiger partial charge >= 0.3 is 5.97 Å². The summed E-state index contributed by atoms with van der Waals surface area (Å²) in [4.78, 5) is 33.8. The molecule has 0 spiro atoms. The molecule has 2 N–H and O–H groups in total. The van der Waals surface area contributed by atoms with E-state index in [0.717, 1.165) is 0 Å². The summed E-state index contributed by atoms with van der Waals surface area (Å²) in [5.74, 6) is -0.961. The molecular weight excluding hydrogens is 380 g/mol. The number of nitro benzene ring substituents is 1. The van der Waals surface area contributed by atoms with E-state index in [1.54, 1.807) is 13.0 Å². The van der Waals surface area contributed by atoms with Gasteiger partial charge in [0.15, 0.2) is 5.43 Å². The molecule has 0 aliphatic carbocycles. The van der Waals surface area contributed by atoms with Gasteiger partial charge in [0, 0.05) is 30.1 Å². The van der Waals surface area contributed by atoms with Crippen LogP contribution in [0.25, 0.3) is 5.69 Å². The van der Waals surface area contributed by atoms with Crippen molar-refractivity contribution in [3.8, 4) is 17.2 Å². The monoisotopic (exact) mass is 396 g/mol. The minimum atomic E-state index is -1.36. The Bertz CT molecular complexity index is 1150. The average molecular weight is 396 g/mol. The van der Waals surface area contributed by atoms with E-state index >= 15 is 0 Å². The highest BCUT2D eigenvalue weighted by Gasteiger charge is 2.15. The third-order valence-electron chi connectivity index (χ3n) is 4.24. The van der Waals surface area contributed by atoms with E-state index in [1.165, 1.54) is 53.2 Å². The van der Waals surface area contributed by atoms with Crippen molar-refractivity contribution in [2.45, 2.75) is 13.5 Å². The molecule has 0 saturated carbocycles. The number of non-ortho nitro benzene ring substituents is 1. The first kappa shape index (κ1) is 19.6. The summed E-state index contributed by atoms with van der Waals surface area (Å²) in [5.41, 5.74) is 0.421. The van der Waals surface area contributed by atoms with Crippen LogP contribution in [0.2, 0.25) is 0 Å². The fourth-order valence-electron chi connectivity index (χ4n) is 2.80. The first-order valence-electron chi connectivity index (χ1n) is 8.42. The van der Waals surface area contributed by atoms with E-state index in [4.69, 9.17) is 4.74 Å². The summed E-state index contributed by atoms with van der Waals surface area (Å²) < 4.78 is 7.13. The molecule has 1 aromatic heterocycles. The Labute approximate surface area is 164 Å². The van der Waals surface area contributed by atoms with E-state index in [1.807, 2.05) is 0 Å². The molecule has 1 heterocycles. The highest BCUT2D eigenvalue weighted by molar-refractivity contribution is 5.87. The molecule has 29 heavy (non-hydrogen) atoms. The smallest absolute Gasteiger partial charge is 0.341 e. The van der Waals surface area contributed by atoms with Gasteiger partial charge in [0.1, 0.15) is 23.7 Å². The normalized spacial score (nSPS) is 10.5. The third-order valence-corrected chi connectivity index (χ3v) is 4.24. The van der Waals surface area contributed by atoms with Crippen LogP contribution in [0.1, 0.15) is 21.6 Å². The van der Waals surface area contributed by atoms with Crippen LogP contribution in [-0.4, -0.2) is 25.7 Å². The lowest BCUT2D eigenvalue weighted by Crippen LogP contribution is -2.20. The van der Waals surface area contributed by atoms with Crippen molar-refractivity contribution in [2.24, 2.45) is 0 Å². The summed E-state index contributed by atoms with van der Waals surface area (Å²) in [5, 5.41) is 29.6. The number of aromatic carboxylic acids is 1. The number of hydrogen-bond acceptors (Lipinski definition) is 6. The maximum Gasteiger partial charge on any atom is 0.341 e. The number of aryl methyl sites for hydroxylation is 1. The fourth-order valence-corrected chi connectivity index (χ4v) is 2.80.